The highest BCUT2D eigenvalue weighted by Gasteiger charge is 2.21. The van der Waals surface area contributed by atoms with Gasteiger partial charge in [0, 0.05) is 13.0 Å². The lowest BCUT2D eigenvalue weighted by molar-refractivity contribution is -0.122. The van der Waals surface area contributed by atoms with Gasteiger partial charge in [-0.1, -0.05) is 25.1 Å². The van der Waals surface area contributed by atoms with E-state index in [4.69, 9.17) is 4.74 Å². The zero-order valence-corrected chi connectivity index (χ0v) is 15.2. The van der Waals surface area contributed by atoms with Crippen molar-refractivity contribution in [3.8, 4) is 5.75 Å². The summed E-state index contributed by atoms with van der Waals surface area (Å²) < 4.78 is 5.26. The van der Waals surface area contributed by atoms with Crippen molar-refractivity contribution < 1.29 is 9.53 Å². The molecule has 1 aliphatic heterocycles. The molecule has 25 heavy (non-hydrogen) atoms. The van der Waals surface area contributed by atoms with Crippen LogP contribution in [0.1, 0.15) is 31.7 Å². The van der Waals surface area contributed by atoms with Crippen molar-refractivity contribution in [3.05, 3.63) is 42.0 Å². The van der Waals surface area contributed by atoms with E-state index in [1.807, 2.05) is 12.1 Å². The minimum Gasteiger partial charge on any atom is -0.497 e. The summed E-state index contributed by atoms with van der Waals surface area (Å²) in [6.07, 6.45) is 3.06. The Balaban J connectivity index is 1.53. The van der Waals surface area contributed by atoms with E-state index in [1.165, 1.54) is 12.8 Å². The first-order valence-electron chi connectivity index (χ1n) is 9.20. The van der Waals surface area contributed by atoms with Crippen LogP contribution < -0.4 is 15.4 Å². The largest absolute Gasteiger partial charge is 0.497 e. The van der Waals surface area contributed by atoms with Gasteiger partial charge < -0.3 is 15.4 Å². The molecule has 2 atom stereocenters. The number of methoxy groups -OCH3 is 1. The normalized spacial score (nSPS) is 18.7. The van der Waals surface area contributed by atoms with Crippen molar-refractivity contribution >= 4 is 16.7 Å². The van der Waals surface area contributed by atoms with Gasteiger partial charge in [-0.05, 0) is 72.3 Å². The maximum absolute atomic E-state index is 12.3. The topological polar surface area (TPSA) is 50.4 Å². The van der Waals surface area contributed by atoms with E-state index in [2.05, 4.69) is 41.8 Å². The molecule has 1 saturated heterocycles. The molecule has 2 unspecified atom stereocenters. The van der Waals surface area contributed by atoms with Crippen LogP contribution in [-0.2, 0) is 11.3 Å². The van der Waals surface area contributed by atoms with E-state index in [-0.39, 0.29) is 5.91 Å². The first-order valence-corrected chi connectivity index (χ1v) is 9.20. The summed E-state index contributed by atoms with van der Waals surface area (Å²) in [5.74, 6) is 2.06. The number of fused-ring (bicyclic) bond motifs is 1. The van der Waals surface area contributed by atoms with Crippen LogP contribution in [0.2, 0.25) is 0 Å². The summed E-state index contributed by atoms with van der Waals surface area (Å²) in [5, 5.41) is 8.81. The van der Waals surface area contributed by atoms with Crippen molar-refractivity contribution in [1.82, 2.24) is 10.6 Å². The molecule has 134 valence electrons. The molecule has 2 N–H and O–H groups in total. The van der Waals surface area contributed by atoms with Crippen molar-refractivity contribution in [2.75, 3.05) is 20.2 Å². The number of hydrogen-bond acceptors (Lipinski definition) is 3. The van der Waals surface area contributed by atoms with E-state index < -0.39 is 0 Å². The highest BCUT2D eigenvalue weighted by Crippen LogP contribution is 2.23. The Hall–Kier alpha value is -2.07. The summed E-state index contributed by atoms with van der Waals surface area (Å²) in [6, 6.07) is 12.3. The van der Waals surface area contributed by atoms with Crippen molar-refractivity contribution in [3.63, 3.8) is 0 Å². The summed E-state index contributed by atoms with van der Waals surface area (Å²) >= 11 is 0. The minimum absolute atomic E-state index is 0.146. The van der Waals surface area contributed by atoms with Crippen molar-refractivity contribution in [2.24, 2.45) is 11.8 Å². The summed E-state index contributed by atoms with van der Waals surface area (Å²) in [4.78, 5) is 12.3. The third-order valence-corrected chi connectivity index (χ3v) is 5.25. The Labute approximate surface area is 149 Å². The molecular weight excluding hydrogens is 312 g/mol. The van der Waals surface area contributed by atoms with Crippen molar-refractivity contribution in [2.45, 2.75) is 32.7 Å². The average Bonchev–Trinajstić information content (AvgIpc) is 2.66. The van der Waals surface area contributed by atoms with Crippen LogP contribution >= 0.6 is 0 Å². The standard InChI is InChI=1S/C21H28N2O2/c1-15(19-4-3-9-22-14-19)10-21(24)23-13-16-5-6-18-12-20(25-2)8-7-17(18)11-16/h5-8,11-12,15,19,22H,3-4,9-10,13-14H2,1-2H3,(H,23,24). The van der Waals surface area contributed by atoms with E-state index in [0.717, 1.165) is 35.2 Å². The third-order valence-electron chi connectivity index (χ3n) is 5.25. The fourth-order valence-corrected chi connectivity index (χ4v) is 3.61. The van der Waals surface area contributed by atoms with Gasteiger partial charge in [-0.25, -0.2) is 0 Å². The number of piperidine rings is 1. The van der Waals surface area contributed by atoms with Gasteiger partial charge in [0.05, 0.1) is 7.11 Å². The number of benzene rings is 2. The summed E-state index contributed by atoms with van der Waals surface area (Å²) in [5.41, 5.74) is 1.12. The molecule has 1 fully saturated rings. The third kappa shape index (κ3) is 4.73. The fourth-order valence-electron chi connectivity index (χ4n) is 3.61. The molecule has 0 spiro atoms. The van der Waals surface area contributed by atoms with E-state index >= 15 is 0 Å². The van der Waals surface area contributed by atoms with Crippen LogP contribution in [0.5, 0.6) is 5.75 Å². The second-order valence-corrected chi connectivity index (χ2v) is 7.11. The molecule has 4 nitrogen and oxygen atoms in total. The highest BCUT2D eigenvalue weighted by atomic mass is 16.5. The lowest BCUT2D eigenvalue weighted by Crippen LogP contribution is -2.35. The molecule has 0 aliphatic carbocycles. The molecule has 0 aromatic heterocycles. The molecule has 0 bridgehead atoms. The lowest BCUT2D eigenvalue weighted by Gasteiger charge is -2.28. The quantitative estimate of drug-likeness (QED) is 0.846. The monoisotopic (exact) mass is 340 g/mol. The SMILES string of the molecule is COc1ccc2cc(CNC(=O)CC(C)C3CCCNC3)ccc2c1. The number of ether oxygens (including phenoxy) is 1. The first kappa shape index (κ1) is 17.7. The molecule has 0 radical (unpaired) electrons. The number of nitrogens with one attached hydrogen (secondary N) is 2. The maximum Gasteiger partial charge on any atom is 0.220 e. The number of rotatable bonds is 6. The molecule has 3 rings (SSSR count). The first-order chi connectivity index (χ1) is 12.2. The molecule has 1 heterocycles. The lowest BCUT2D eigenvalue weighted by atomic mass is 9.85. The zero-order valence-electron chi connectivity index (χ0n) is 15.2. The Kier molecular flexibility index (Phi) is 5.92. The highest BCUT2D eigenvalue weighted by molar-refractivity contribution is 5.84. The van der Waals surface area contributed by atoms with Crippen LogP contribution in [0.4, 0.5) is 0 Å². The van der Waals surface area contributed by atoms with Gasteiger partial charge in [0.2, 0.25) is 5.91 Å². The number of hydrogen-bond donors (Lipinski definition) is 2. The molecule has 1 aliphatic rings. The summed E-state index contributed by atoms with van der Waals surface area (Å²) in [6.45, 7) is 4.93. The second kappa shape index (κ2) is 8.34. The van der Waals surface area contributed by atoms with Crippen molar-refractivity contribution in [1.29, 1.82) is 0 Å². The van der Waals surface area contributed by atoms with Crippen LogP contribution in [0.3, 0.4) is 0 Å². The van der Waals surface area contributed by atoms with Gasteiger partial charge in [0.1, 0.15) is 5.75 Å². The van der Waals surface area contributed by atoms with E-state index in [0.29, 0.717) is 24.8 Å². The summed E-state index contributed by atoms with van der Waals surface area (Å²) in [7, 11) is 1.68. The van der Waals surface area contributed by atoms with Gasteiger partial charge in [0.25, 0.3) is 0 Å². The molecule has 0 saturated carbocycles. The Morgan fingerprint density at radius 2 is 2.08 bits per heavy atom. The Bertz CT molecular complexity index is 723. The number of carbonyl (C=O) groups is 1. The van der Waals surface area contributed by atoms with Gasteiger partial charge in [-0.15, -0.1) is 0 Å². The van der Waals surface area contributed by atoms with Gasteiger partial charge in [0.15, 0.2) is 0 Å². The van der Waals surface area contributed by atoms with Gasteiger partial charge >= 0.3 is 0 Å². The number of amides is 1. The van der Waals surface area contributed by atoms with Gasteiger partial charge in [-0.2, -0.15) is 0 Å². The van der Waals surface area contributed by atoms with Crippen LogP contribution in [0.25, 0.3) is 10.8 Å². The van der Waals surface area contributed by atoms with Crippen LogP contribution in [0, 0.1) is 11.8 Å². The van der Waals surface area contributed by atoms with Gasteiger partial charge in [-0.3, -0.25) is 4.79 Å². The fraction of sp³-hybridized carbons (Fsp3) is 0.476. The van der Waals surface area contributed by atoms with Crippen LogP contribution in [-0.4, -0.2) is 26.1 Å². The molecule has 4 heteroatoms. The van der Waals surface area contributed by atoms with Crippen LogP contribution in [0.15, 0.2) is 36.4 Å². The smallest absolute Gasteiger partial charge is 0.220 e. The maximum atomic E-state index is 12.3. The number of carbonyl (C=O) groups excluding carboxylic acids is 1. The minimum atomic E-state index is 0.146. The second-order valence-electron chi connectivity index (χ2n) is 7.11. The molecule has 2 aromatic rings. The predicted octanol–water partition coefficient (Wildman–Crippen LogP) is 3.49. The van der Waals surface area contributed by atoms with E-state index in [9.17, 15) is 4.79 Å². The van der Waals surface area contributed by atoms with E-state index in [1.54, 1.807) is 7.11 Å². The molecular formula is C21H28N2O2. The molecule has 1 amide bonds. The molecule has 2 aromatic carbocycles. The average molecular weight is 340 g/mol. The predicted molar refractivity (Wildman–Crippen MR) is 102 cm³/mol. The zero-order chi connectivity index (χ0) is 17.6. The Morgan fingerprint density at radius 1 is 1.28 bits per heavy atom. The Morgan fingerprint density at radius 3 is 2.84 bits per heavy atom.